The summed E-state index contributed by atoms with van der Waals surface area (Å²) >= 11 is 0. The molecule has 41 heavy (non-hydrogen) atoms. The molecule has 1 aliphatic carbocycles. The number of carbonyl (C=O) groups excluding carboxylic acids is 1. The number of para-hydroxylation sites is 1. The van der Waals surface area contributed by atoms with Crippen molar-refractivity contribution in [1.29, 1.82) is 0 Å². The molecule has 6 rings (SSSR count). The second-order valence-corrected chi connectivity index (χ2v) is 11.9. The van der Waals surface area contributed by atoms with E-state index in [0.29, 0.717) is 19.6 Å². The quantitative estimate of drug-likeness (QED) is 0.228. The smallest absolute Gasteiger partial charge is 0.242 e. The van der Waals surface area contributed by atoms with E-state index in [4.69, 9.17) is 14.7 Å². The molecule has 0 spiro atoms. The molecule has 4 aromatic rings. The lowest BCUT2D eigenvalue weighted by Crippen LogP contribution is -2.49. The lowest BCUT2D eigenvalue weighted by Gasteiger charge is -2.36. The monoisotopic (exact) mass is 553 g/mol. The summed E-state index contributed by atoms with van der Waals surface area (Å²) < 4.78 is 8.13. The van der Waals surface area contributed by atoms with E-state index in [2.05, 4.69) is 58.9 Å². The highest BCUT2D eigenvalue weighted by Crippen LogP contribution is 2.36. The van der Waals surface area contributed by atoms with Crippen LogP contribution in [0.4, 0.5) is 0 Å². The van der Waals surface area contributed by atoms with Crippen LogP contribution in [0.25, 0.3) is 21.8 Å². The summed E-state index contributed by atoms with van der Waals surface area (Å²) in [6.45, 7) is 9.65. The molecule has 1 aliphatic heterocycles. The van der Waals surface area contributed by atoms with Gasteiger partial charge in [-0.1, -0.05) is 44.0 Å². The molecule has 0 bridgehead atoms. The van der Waals surface area contributed by atoms with Crippen molar-refractivity contribution in [2.24, 2.45) is 0 Å². The van der Waals surface area contributed by atoms with Gasteiger partial charge in [-0.3, -0.25) is 19.7 Å². The number of amides is 1. The van der Waals surface area contributed by atoms with Crippen LogP contribution in [0.15, 0.2) is 54.9 Å². The summed E-state index contributed by atoms with van der Waals surface area (Å²) in [5, 5.41) is 2.34. The standard InChI is InChI=1S/C34H43N5O2/c1-4-5-8-19-37(31-15-9-11-26-12-10-17-36-33(26)31)22-29-34-28(16-18-35-29)27-13-6-7-14-30(27)39(34)23-32(40)38-20-24(2)41-25(3)21-38/h6-7,10,12-14,16-18,24-25,31H,4-5,8-9,11,15,19-23H2,1-3H3/t24-,25+,31?. The number of rotatable bonds is 9. The van der Waals surface area contributed by atoms with Gasteiger partial charge < -0.3 is 14.2 Å². The molecule has 0 radical (unpaired) electrons. The Morgan fingerprint density at radius 2 is 1.83 bits per heavy atom. The Balaban J connectivity index is 1.39. The van der Waals surface area contributed by atoms with E-state index >= 15 is 0 Å². The number of fused-ring (bicyclic) bond motifs is 4. The Kier molecular flexibility index (Phi) is 8.35. The highest BCUT2D eigenvalue weighted by Gasteiger charge is 2.30. The third-order valence-corrected chi connectivity index (χ3v) is 8.83. The first kappa shape index (κ1) is 27.9. The van der Waals surface area contributed by atoms with E-state index in [0.717, 1.165) is 54.5 Å². The topological polar surface area (TPSA) is 63.5 Å². The predicted octanol–water partition coefficient (Wildman–Crippen LogP) is 6.29. The molecule has 1 aromatic carbocycles. The fourth-order valence-corrected chi connectivity index (χ4v) is 7.01. The van der Waals surface area contributed by atoms with Crippen molar-refractivity contribution >= 4 is 27.7 Å². The Morgan fingerprint density at radius 3 is 2.66 bits per heavy atom. The largest absolute Gasteiger partial charge is 0.372 e. The first-order valence-corrected chi connectivity index (χ1v) is 15.5. The van der Waals surface area contributed by atoms with Gasteiger partial charge in [0.2, 0.25) is 5.91 Å². The molecule has 1 amide bonds. The highest BCUT2D eigenvalue weighted by atomic mass is 16.5. The van der Waals surface area contributed by atoms with Crippen molar-refractivity contribution in [2.45, 2.75) is 90.6 Å². The summed E-state index contributed by atoms with van der Waals surface area (Å²) in [6.07, 6.45) is 10.9. The zero-order valence-electron chi connectivity index (χ0n) is 24.8. The van der Waals surface area contributed by atoms with Gasteiger partial charge >= 0.3 is 0 Å². The fourth-order valence-electron chi connectivity index (χ4n) is 7.01. The molecule has 3 atom stereocenters. The summed E-state index contributed by atoms with van der Waals surface area (Å²) in [5.41, 5.74) is 5.81. The lowest BCUT2D eigenvalue weighted by molar-refractivity contribution is -0.143. The Morgan fingerprint density at radius 1 is 1.00 bits per heavy atom. The van der Waals surface area contributed by atoms with Gasteiger partial charge in [0.25, 0.3) is 0 Å². The van der Waals surface area contributed by atoms with Gasteiger partial charge in [0.15, 0.2) is 0 Å². The van der Waals surface area contributed by atoms with Crippen LogP contribution in [0, 0.1) is 0 Å². The maximum Gasteiger partial charge on any atom is 0.242 e. The van der Waals surface area contributed by atoms with E-state index in [-0.39, 0.29) is 24.2 Å². The fraction of sp³-hybridized carbons (Fsp3) is 0.500. The summed E-state index contributed by atoms with van der Waals surface area (Å²) in [4.78, 5) is 28.2. The highest BCUT2D eigenvalue weighted by molar-refractivity contribution is 6.09. The number of aryl methyl sites for hydroxylation is 1. The number of hydrogen-bond donors (Lipinski definition) is 0. The van der Waals surface area contributed by atoms with Crippen molar-refractivity contribution in [3.8, 4) is 0 Å². The van der Waals surface area contributed by atoms with Gasteiger partial charge in [-0.15, -0.1) is 0 Å². The van der Waals surface area contributed by atoms with Crippen LogP contribution in [0.3, 0.4) is 0 Å². The second kappa shape index (κ2) is 12.3. The van der Waals surface area contributed by atoms with Gasteiger partial charge in [0, 0.05) is 48.3 Å². The zero-order valence-corrected chi connectivity index (χ0v) is 24.8. The van der Waals surface area contributed by atoms with Gasteiger partial charge in [0.05, 0.1) is 35.2 Å². The lowest BCUT2D eigenvalue weighted by atomic mass is 9.90. The van der Waals surface area contributed by atoms with E-state index in [1.807, 2.05) is 31.1 Å². The first-order chi connectivity index (χ1) is 20.0. The van der Waals surface area contributed by atoms with E-state index in [1.54, 1.807) is 0 Å². The number of carbonyl (C=O) groups is 1. The normalized spacial score (nSPS) is 21.1. The van der Waals surface area contributed by atoms with Crippen LogP contribution in [-0.4, -0.2) is 62.1 Å². The molecular weight excluding hydrogens is 510 g/mol. The molecule has 216 valence electrons. The molecular formula is C34H43N5O2. The van der Waals surface area contributed by atoms with Gasteiger partial charge in [-0.05, 0) is 69.8 Å². The third-order valence-electron chi connectivity index (χ3n) is 8.83. The van der Waals surface area contributed by atoms with Crippen LogP contribution in [0.2, 0.25) is 0 Å². The van der Waals surface area contributed by atoms with Crippen molar-refractivity contribution < 1.29 is 9.53 Å². The third kappa shape index (κ3) is 5.75. The molecule has 7 heteroatoms. The molecule has 1 fully saturated rings. The molecule has 2 aliphatic rings. The molecule has 7 nitrogen and oxygen atoms in total. The van der Waals surface area contributed by atoms with E-state index < -0.39 is 0 Å². The molecule has 0 saturated carbocycles. The molecule has 1 saturated heterocycles. The Bertz CT molecular complexity index is 1500. The number of aromatic nitrogens is 3. The Labute approximate surface area is 243 Å². The summed E-state index contributed by atoms with van der Waals surface area (Å²) in [5.74, 6) is 0.134. The number of ether oxygens (including phenoxy) is 1. The van der Waals surface area contributed by atoms with Gasteiger partial charge in [0.1, 0.15) is 6.54 Å². The SMILES string of the molecule is CCCCCN(Cc1nccc2c3ccccc3n(CC(=O)N3C[C@@H](C)O[C@@H](C)C3)c12)C1CCCc2cccnc21. The average Bonchev–Trinajstić information content (AvgIpc) is 3.30. The minimum atomic E-state index is 0.0433. The van der Waals surface area contributed by atoms with E-state index in [9.17, 15) is 4.79 Å². The van der Waals surface area contributed by atoms with E-state index in [1.165, 1.54) is 35.9 Å². The van der Waals surface area contributed by atoms with Crippen molar-refractivity contribution in [1.82, 2.24) is 24.3 Å². The maximum atomic E-state index is 13.7. The second-order valence-electron chi connectivity index (χ2n) is 11.9. The zero-order chi connectivity index (χ0) is 28.3. The number of morpholine rings is 1. The number of nitrogens with zero attached hydrogens (tertiary/aromatic N) is 5. The molecule has 1 unspecified atom stereocenters. The minimum Gasteiger partial charge on any atom is -0.372 e. The summed E-state index contributed by atoms with van der Waals surface area (Å²) in [7, 11) is 0. The Hall–Kier alpha value is -3.29. The number of hydrogen-bond acceptors (Lipinski definition) is 5. The van der Waals surface area contributed by atoms with Crippen LogP contribution in [0.5, 0.6) is 0 Å². The molecule has 4 heterocycles. The molecule has 3 aromatic heterocycles. The van der Waals surface area contributed by atoms with Crippen molar-refractivity contribution in [2.75, 3.05) is 19.6 Å². The first-order valence-electron chi connectivity index (χ1n) is 15.5. The minimum absolute atomic E-state index is 0.0433. The van der Waals surface area contributed by atoms with Gasteiger partial charge in [-0.25, -0.2) is 0 Å². The number of pyridine rings is 2. The van der Waals surface area contributed by atoms with Crippen molar-refractivity contribution in [3.63, 3.8) is 0 Å². The predicted molar refractivity (Wildman–Crippen MR) is 164 cm³/mol. The van der Waals surface area contributed by atoms with Crippen LogP contribution < -0.4 is 0 Å². The number of benzene rings is 1. The van der Waals surface area contributed by atoms with Crippen LogP contribution in [0.1, 0.15) is 75.9 Å². The molecule has 0 N–H and O–H groups in total. The van der Waals surface area contributed by atoms with Crippen molar-refractivity contribution in [3.05, 3.63) is 71.8 Å². The average molecular weight is 554 g/mol. The van der Waals surface area contributed by atoms with Crippen LogP contribution in [-0.2, 0) is 29.0 Å². The number of unbranched alkanes of at least 4 members (excludes halogenated alkanes) is 2. The maximum absolute atomic E-state index is 13.7. The van der Waals surface area contributed by atoms with Crippen LogP contribution >= 0.6 is 0 Å². The summed E-state index contributed by atoms with van der Waals surface area (Å²) in [6, 6.07) is 15.2. The van der Waals surface area contributed by atoms with Gasteiger partial charge in [-0.2, -0.15) is 0 Å².